The number of carbonyl (C=O) groups excluding carboxylic acids is 1. The van der Waals surface area contributed by atoms with Gasteiger partial charge in [-0.25, -0.2) is 9.37 Å². The lowest BCUT2D eigenvalue weighted by Crippen LogP contribution is -1.86. The van der Waals surface area contributed by atoms with E-state index in [0.29, 0.717) is 17.4 Å². The van der Waals surface area contributed by atoms with Gasteiger partial charge < -0.3 is 4.98 Å². The number of carbonyl (C=O) groups is 1. The van der Waals surface area contributed by atoms with Gasteiger partial charge in [0, 0.05) is 22.7 Å². The van der Waals surface area contributed by atoms with Crippen LogP contribution in [0.5, 0.6) is 0 Å². The van der Waals surface area contributed by atoms with Crippen LogP contribution in [0.3, 0.4) is 0 Å². The van der Waals surface area contributed by atoms with Gasteiger partial charge in [0.05, 0.1) is 11.7 Å². The van der Waals surface area contributed by atoms with Crippen LogP contribution in [0.4, 0.5) is 4.39 Å². The van der Waals surface area contributed by atoms with Crippen LogP contribution in [-0.4, -0.2) is 16.3 Å². The molecule has 0 aliphatic heterocycles. The molecular formula is C10H6ClFN2O. The Hall–Kier alpha value is -1.68. The maximum atomic E-state index is 13.5. The molecule has 0 saturated carbocycles. The predicted molar refractivity (Wildman–Crippen MR) is 56.2 cm³/mol. The summed E-state index contributed by atoms with van der Waals surface area (Å²) in [5.41, 5.74) is 0.971. The lowest BCUT2D eigenvalue weighted by molar-refractivity contribution is -0.103. The predicted octanol–water partition coefficient (Wildman–Crippen LogP) is 2.57. The van der Waals surface area contributed by atoms with Crippen LogP contribution in [-0.2, 0) is 4.79 Å². The molecule has 2 aromatic rings. The number of aldehydes is 1. The number of aromatic amines is 1. The van der Waals surface area contributed by atoms with Crippen molar-refractivity contribution in [1.29, 1.82) is 0 Å². The van der Waals surface area contributed by atoms with Crippen LogP contribution in [0, 0.1) is 5.82 Å². The molecule has 0 unspecified atom stereocenters. The fraction of sp³-hybridized carbons (Fsp3) is 0. The van der Waals surface area contributed by atoms with E-state index in [4.69, 9.17) is 11.6 Å². The van der Waals surface area contributed by atoms with E-state index in [9.17, 15) is 9.18 Å². The van der Waals surface area contributed by atoms with E-state index in [1.807, 2.05) is 0 Å². The van der Waals surface area contributed by atoms with Crippen LogP contribution in [0.1, 0.15) is 5.56 Å². The van der Waals surface area contributed by atoms with Gasteiger partial charge in [-0.2, -0.15) is 0 Å². The minimum absolute atomic E-state index is 0.163. The zero-order valence-corrected chi connectivity index (χ0v) is 8.31. The van der Waals surface area contributed by atoms with Crippen LogP contribution in [0.25, 0.3) is 16.5 Å². The number of H-pyrrole nitrogens is 1. The Morgan fingerprint density at radius 3 is 3.07 bits per heavy atom. The molecule has 15 heavy (non-hydrogen) atoms. The molecule has 2 heterocycles. The molecular weight excluding hydrogens is 219 g/mol. The van der Waals surface area contributed by atoms with Crippen molar-refractivity contribution in [2.75, 3.05) is 0 Å². The van der Waals surface area contributed by atoms with Gasteiger partial charge in [-0.15, -0.1) is 0 Å². The van der Waals surface area contributed by atoms with Crippen molar-refractivity contribution in [3.8, 4) is 0 Å². The number of aromatic nitrogens is 2. The summed E-state index contributed by atoms with van der Waals surface area (Å²) in [5.74, 6) is -0.534. The van der Waals surface area contributed by atoms with E-state index in [-0.39, 0.29) is 16.1 Å². The normalized spacial score (nSPS) is 10.5. The molecule has 2 aromatic heterocycles. The number of allylic oxidation sites excluding steroid dienone is 1. The Balaban J connectivity index is 2.84. The molecule has 0 amide bonds. The summed E-state index contributed by atoms with van der Waals surface area (Å²) in [6.07, 6.45) is 3.06. The highest BCUT2D eigenvalue weighted by molar-refractivity contribution is 6.34. The summed E-state index contributed by atoms with van der Waals surface area (Å²) in [4.78, 5) is 17.0. The third kappa shape index (κ3) is 1.43. The van der Waals surface area contributed by atoms with Gasteiger partial charge in [-0.3, -0.25) is 4.79 Å². The summed E-state index contributed by atoms with van der Waals surface area (Å²) in [5, 5.41) is 0.406. The topological polar surface area (TPSA) is 45.8 Å². The number of hydrogen-bond donors (Lipinski definition) is 1. The van der Waals surface area contributed by atoms with E-state index in [1.165, 1.54) is 6.20 Å². The van der Waals surface area contributed by atoms with Gasteiger partial charge in [-0.1, -0.05) is 18.2 Å². The van der Waals surface area contributed by atoms with Crippen molar-refractivity contribution in [3.05, 3.63) is 35.5 Å². The Kier molecular flexibility index (Phi) is 2.28. The molecule has 76 valence electrons. The van der Waals surface area contributed by atoms with E-state index < -0.39 is 5.82 Å². The first-order valence-corrected chi connectivity index (χ1v) is 4.48. The van der Waals surface area contributed by atoms with Crippen LogP contribution < -0.4 is 0 Å². The minimum atomic E-state index is -0.534. The van der Waals surface area contributed by atoms with E-state index in [0.717, 1.165) is 6.20 Å². The summed E-state index contributed by atoms with van der Waals surface area (Å²) in [7, 11) is 0. The van der Waals surface area contributed by atoms with Crippen molar-refractivity contribution < 1.29 is 9.18 Å². The Morgan fingerprint density at radius 2 is 2.40 bits per heavy atom. The van der Waals surface area contributed by atoms with Crippen molar-refractivity contribution in [2.45, 2.75) is 0 Å². The van der Waals surface area contributed by atoms with Gasteiger partial charge in [0.1, 0.15) is 6.29 Å². The van der Waals surface area contributed by atoms with Gasteiger partial charge in [0.2, 0.25) is 0 Å². The highest BCUT2D eigenvalue weighted by atomic mass is 35.5. The summed E-state index contributed by atoms with van der Waals surface area (Å²) in [6.45, 7) is 3.52. The number of pyridine rings is 1. The zero-order valence-electron chi connectivity index (χ0n) is 7.55. The first kappa shape index (κ1) is 9.86. The maximum Gasteiger partial charge on any atom is 0.153 e. The second kappa shape index (κ2) is 3.47. The average Bonchev–Trinajstić information content (AvgIpc) is 2.68. The van der Waals surface area contributed by atoms with Crippen LogP contribution in [0.15, 0.2) is 19.0 Å². The number of halogens is 2. The molecule has 3 nitrogen and oxygen atoms in total. The van der Waals surface area contributed by atoms with Gasteiger partial charge in [0.25, 0.3) is 0 Å². The molecule has 0 spiro atoms. The first-order valence-electron chi connectivity index (χ1n) is 4.10. The van der Waals surface area contributed by atoms with Crippen molar-refractivity contribution in [2.24, 2.45) is 0 Å². The summed E-state index contributed by atoms with van der Waals surface area (Å²) in [6, 6.07) is 0. The largest absolute Gasteiger partial charge is 0.358 e. The monoisotopic (exact) mass is 224 g/mol. The molecule has 0 saturated heterocycles. The van der Waals surface area contributed by atoms with Crippen LogP contribution >= 0.6 is 11.6 Å². The molecule has 0 atom stereocenters. The van der Waals surface area contributed by atoms with Gasteiger partial charge >= 0.3 is 0 Å². The molecule has 5 heteroatoms. The molecule has 0 bridgehead atoms. The zero-order chi connectivity index (χ0) is 11.0. The minimum Gasteiger partial charge on any atom is -0.358 e. The molecule has 1 N–H and O–H groups in total. The molecule has 0 radical (unpaired) electrons. The van der Waals surface area contributed by atoms with Crippen molar-refractivity contribution >= 4 is 34.4 Å². The highest BCUT2D eigenvalue weighted by Gasteiger charge is 2.13. The van der Waals surface area contributed by atoms with Crippen molar-refractivity contribution in [1.82, 2.24) is 9.97 Å². The third-order valence-corrected chi connectivity index (χ3v) is 2.39. The Bertz CT molecular complexity index is 562. The fourth-order valence-electron chi connectivity index (χ4n) is 1.39. The number of rotatable bonds is 2. The van der Waals surface area contributed by atoms with E-state index >= 15 is 0 Å². The average molecular weight is 225 g/mol. The quantitative estimate of drug-likeness (QED) is 0.484. The Morgan fingerprint density at radius 1 is 1.67 bits per heavy atom. The fourth-order valence-corrected chi connectivity index (χ4v) is 1.59. The van der Waals surface area contributed by atoms with E-state index in [1.54, 1.807) is 0 Å². The maximum absolute atomic E-state index is 13.5. The third-order valence-electron chi connectivity index (χ3n) is 2.10. The number of hydrogen-bond acceptors (Lipinski definition) is 2. The molecule has 0 aromatic carbocycles. The van der Waals surface area contributed by atoms with Crippen LogP contribution in [0.2, 0.25) is 5.15 Å². The number of fused-ring (bicyclic) bond motifs is 1. The van der Waals surface area contributed by atoms with E-state index in [2.05, 4.69) is 16.5 Å². The number of nitrogens with zero attached hydrogens (tertiary/aromatic N) is 1. The van der Waals surface area contributed by atoms with Crippen molar-refractivity contribution in [3.63, 3.8) is 0 Å². The SMILES string of the molecule is C=C(C=O)c1c[nH]c2c(Cl)ncc(F)c12. The molecule has 0 fully saturated rings. The lowest BCUT2D eigenvalue weighted by Gasteiger charge is -1.98. The summed E-state index contributed by atoms with van der Waals surface area (Å²) < 4.78 is 13.5. The lowest BCUT2D eigenvalue weighted by atomic mass is 10.1. The smallest absolute Gasteiger partial charge is 0.153 e. The molecule has 0 aliphatic rings. The molecule has 0 aliphatic carbocycles. The second-order valence-electron chi connectivity index (χ2n) is 2.99. The second-order valence-corrected chi connectivity index (χ2v) is 3.35. The Labute approximate surface area is 89.6 Å². The van der Waals surface area contributed by atoms with Gasteiger partial charge in [-0.05, 0) is 0 Å². The summed E-state index contributed by atoms with van der Waals surface area (Å²) >= 11 is 5.76. The number of nitrogens with one attached hydrogen (secondary N) is 1. The molecule has 2 rings (SSSR count). The highest BCUT2D eigenvalue weighted by Crippen LogP contribution is 2.28. The van der Waals surface area contributed by atoms with Gasteiger partial charge in [0.15, 0.2) is 11.0 Å². The standard InChI is InChI=1S/C10H6ClFN2O/c1-5(4-15)6-2-13-9-8(6)7(12)3-14-10(9)11/h2-4,13H,1H2. The first-order chi connectivity index (χ1) is 7.15.